The minimum absolute atomic E-state index is 0.0262. The lowest BCUT2D eigenvalue weighted by Gasteiger charge is -2.41. The van der Waals surface area contributed by atoms with Crippen molar-refractivity contribution in [1.29, 1.82) is 5.26 Å². The van der Waals surface area contributed by atoms with Crippen molar-refractivity contribution in [1.82, 2.24) is 10.3 Å². The lowest BCUT2D eigenvalue weighted by atomic mass is 9.70. The third-order valence-electron chi connectivity index (χ3n) is 7.95. The predicted octanol–water partition coefficient (Wildman–Crippen LogP) is 4.88. The van der Waals surface area contributed by atoms with Crippen LogP contribution >= 0.6 is 0 Å². The molecule has 0 radical (unpaired) electrons. The molecular weight excluding hydrogens is 450 g/mol. The molecule has 2 heterocycles. The molecule has 1 aromatic heterocycles. The van der Waals surface area contributed by atoms with Crippen LogP contribution in [0.4, 0.5) is 0 Å². The number of ether oxygens (including phenoxy) is 2. The van der Waals surface area contributed by atoms with Gasteiger partial charge in [-0.3, -0.25) is 4.98 Å². The molecule has 1 aliphatic carbocycles. The maximum atomic E-state index is 13.0. The number of nitrogens with zero attached hydrogens (tertiary/aromatic N) is 2. The quantitative estimate of drug-likeness (QED) is 0.538. The van der Waals surface area contributed by atoms with E-state index in [2.05, 4.69) is 56.2 Å². The average molecular weight is 484 g/mol. The zero-order valence-corrected chi connectivity index (χ0v) is 21.4. The average Bonchev–Trinajstić information content (AvgIpc) is 3.25. The first-order chi connectivity index (χ1) is 17.2. The molecule has 1 fully saturated rings. The van der Waals surface area contributed by atoms with Crippen LogP contribution in [0.1, 0.15) is 55.9 Å². The second-order valence-electron chi connectivity index (χ2n) is 11.0. The molecule has 1 aliphatic heterocycles. The molecule has 5 atom stereocenters. The van der Waals surface area contributed by atoms with Crippen LogP contribution in [0, 0.1) is 23.2 Å². The molecule has 6 nitrogen and oxygen atoms in total. The van der Waals surface area contributed by atoms with Gasteiger partial charge in [0.05, 0.1) is 36.7 Å². The molecule has 0 saturated heterocycles. The van der Waals surface area contributed by atoms with E-state index in [1.54, 1.807) is 31.6 Å². The highest BCUT2D eigenvalue weighted by Crippen LogP contribution is 2.71. The summed E-state index contributed by atoms with van der Waals surface area (Å²) in [6.45, 7) is 9.25. The van der Waals surface area contributed by atoms with E-state index in [0.717, 1.165) is 11.1 Å². The first-order valence-corrected chi connectivity index (χ1v) is 12.4. The molecule has 0 unspecified atom stereocenters. The molecule has 5 rings (SSSR count). The zero-order chi connectivity index (χ0) is 25.7. The minimum atomic E-state index is -1.41. The second kappa shape index (κ2) is 8.62. The van der Waals surface area contributed by atoms with Crippen molar-refractivity contribution in [2.24, 2.45) is 11.8 Å². The summed E-state index contributed by atoms with van der Waals surface area (Å²) in [4.78, 5) is 4.33. The van der Waals surface area contributed by atoms with E-state index in [-0.39, 0.29) is 23.3 Å². The van der Waals surface area contributed by atoms with Crippen molar-refractivity contribution >= 4 is 0 Å². The van der Waals surface area contributed by atoms with Gasteiger partial charge in [0.15, 0.2) is 5.60 Å². The van der Waals surface area contributed by atoms with Crippen LogP contribution in [0.2, 0.25) is 0 Å². The summed E-state index contributed by atoms with van der Waals surface area (Å²) in [5.41, 5.74) is 0.452. The van der Waals surface area contributed by atoms with Crippen molar-refractivity contribution in [3.8, 4) is 17.6 Å². The Balaban J connectivity index is 1.81. The SMILES string of the molecule is COc1cncc2c1[C@]1(O)[C@H](C)[C@H](CNC(C)(C)C)[C@@H](c3ccccc3)[C@]1(c1ccc(C#N)cc1)O2. The topological polar surface area (TPSA) is 87.4 Å². The highest BCUT2D eigenvalue weighted by atomic mass is 16.5. The molecule has 1 saturated carbocycles. The number of pyridine rings is 1. The number of fused-ring (bicyclic) bond motifs is 3. The molecule has 186 valence electrons. The van der Waals surface area contributed by atoms with Gasteiger partial charge in [0.1, 0.15) is 17.1 Å². The fraction of sp³-hybridized carbons (Fsp3) is 0.400. The Morgan fingerprint density at radius 1 is 1.11 bits per heavy atom. The van der Waals surface area contributed by atoms with Crippen LogP contribution in [-0.4, -0.2) is 29.3 Å². The van der Waals surface area contributed by atoms with Gasteiger partial charge >= 0.3 is 0 Å². The smallest absolute Gasteiger partial charge is 0.174 e. The molecule has 2 aromatic carbocycles. The number of hydrogen-bond acceptors (Lipinski definition) is 6. The molecule has 0 bridgehead atoms. The Labute approximate surface area is 212 Å². The number of aromatic nitrogens is 1. The van der Waals surface area contributed by atoms with E-state index in [1.807, 2.05) is 30.3 Å². The standard InChI is InChI=1S/C30H33N3O3/c1-19-23(16-33-28(2,3)4)26(21-9-7-6-8-10-21)30(22-13-11-20(15-31)12-14-22)29(19,34)27-24(35-5)17-32-18-25(27)36-30/h6-14,17-19,23,26,33-34H,16H2,1-5H3/t19-,23+,26-,29-,30+/m1/s1. The summed E-state index contributed by atoms with van der Waals surface area (Å²) >= 11 is 0. The van der Waals surface area contributed by atoms with E-state index in [9.17, 15) is 10.4 Å². The third-order valence-corrected chi connectivity index (χ3v) is 7.95. The molecule has 0 spiro atoms. The van der Waals surface area contributed by atoms with Crippen LogP contribution in [0.25, 0.3) is 0 Å². The van der Waals surface area contributed by atoms with E-state index in [4.69, 9.17) is 9.47 Å². The third kappa shape index (κ3) is 3.42. The normalized spacial score (nSPS) is 28.6. The highest BCUT2D eigenvalue weighted by molar-refractivity contribution is 5.59. The van der Waals surface area contributed by atoms with Crippen LogP contribution in [-0.2, 0) is 11.2 Å². The summed E-state index contributed by atoms with van der Waals surface area (Å²) in [7, 11) is 1.59. The summed E-state index contributed by atoms with van der Waals surface area (Å²) in [5, 5.41) is 26.1. The number of hydrogen-bond donors (Lipinski definition) is 2. The fourth-order valence-electron chi connectivity index (χ4n) is 6.35. The Morgan fingerprint density at radius 3 is 2.42 bits per heavy atom. The van der Waals surface area contributed by atoms with Gasteiger partial charge in [-0.05, 0) is 62.4 Å². The van der Waals surface area contributed by atoms with Crippen LogP contribution in [0.5, 0.6) is 11.5 Å². The van der Waals surface area contributed by atoms with Gasteiger partial charge < -0.3 is 19.9 Å². The zero-order valence-electron chi connectivity index (χ0n) is 21.4. The molecular formula is C30H33N3O3. The highest BCUT2D eigenvalue weighted by Gasteiger charge is 2.75. The minimum Gasteiger partial charge on any atom is -0.495 e. The van der Waals surface area contributed by atoms with E-state index in [0.29, 0.717) is 29.2 Å². The van der Waals surface area contributed by atoms with Crippen LogP contribution in [0.3, 0.4) is 0 Å². The molecule has 3 aromatic rings. The van der Waals surface area contributed by atoms with Gasteiger partial charge in [-0.15, -0.1) is 0 Å². The first kappa shape index (κ1) is 24.3. The molecule has 0 amide bonds. The Hall–Kier alpha value is -3.40. The van der Waals surface area contributed by atoms with Gasteiger partial charge in [-0.2, -0.15) is 5.26 Å². The van der Waals surface area contributed by atoms with Crippen LogP contribution < -0.4 is 14.8 Å². The number of methoxy groups -OCH3 is 1. The first-order valence-electron chi connectivity index (χ1n) is 12.4. The number of nitrogens with one attached hydrogen (secondary N) is 1. The van der Waals surface area contributed by atoms with Gasteiger partial charge in [0, 0.05) is 11.5 Å². The summed E-state index contributed by atoms with van der Waals surface area (Å²) in [6, 6.07) is 19.9. The number of aliphatic hydroxyl groups is 1. The Bertz CT molecular complexity index is 1300. The molecule has 36 heavy (non-hydrogen) atoms. The maximum absolute atomic E-state index is 13.0. The van der Waals surface area contributed by atoms with E-state index in [1.165, 1.54) is 0 Å². The second-order valence-corrected chi connectivity index (χ2v) is 11.0. The van der Waals surface area contributed by atoms with Crippen molar-refractivity contribution in [3.63, 3.8) is 0 Å². The van der Waals surface area contributed by atoms with Gasteiger partial charge in [-0.25, -0.2) is 0 Å². The monoisotopic (exact) mass is 483 g/mol. The van der Waals surface area contributed by atoms with Gasteiger partial charge in [-0.1, -0.05) is 49.4 Å². The van der Waals surface area contributed by atoms with Gasteiger partial charge in [0.2, 0.25) is 0 Å². The van der Waals surface area contributed by atoms with Gasteiger partial charge in [0.25, 0.3) is 0 Å². The van der Waals surface area contributed by atoms with Crippen molar-refractivity contribution in [2.45, 2.75) is 50.4 Å². The molecule has 2 aliphatic rings. The van der Waals surface area contributed by atoms with E-state index >= 15 is 0 Å². The maximum Gasteiger partial charge on any atom is 0.174 e. The fourth-order valence-corrected chi connectivity index (χ4v) is 6.35. The largest absolute Gasteiger partial charge is 0.495 e. The number of nitriles is 1. The number of benzene rings is 2. The number of rotatable bonds is 5. The van der Waals surface area contributed by atoms with Crippen molar-refractivity contribution < 1.29 is 14.6 Å². The van der Waals surface area contributed by atoms with Crippen molar-refractivity contribution in [3.05, 3.63) is 89.2 Å². The lowest BCUT2D eigenvalue weighted by molar-refractivity contribution is -0.125. The van der Waals surface area contributed by atoms with E-state index < -0.39 is 11.2 Å². The molecule has 2 N–H and O–H groups in total. The van der Waals surface area contributed by atoms with Crippen molar-refractivity contribution in [2.75, 3.05) is 13.7 Å². The Morgan fingerprint density at radius 2 is 1.81 bits per heavy atom. The Kier molecular flexibility index (Phi) is 5.82. The summed E-state index contributed by atoms with van der Waals surface area (Å²) in [6.07, 6.45) is 3.30. The summed E-state index contributed by atoms with van der Waals surface area (Å²) in [5.74, 6) is 0.660. The molecule has 6 heteroatoms. The van der Waals surface area contributed by atoms with Crippen LogP contribution in [0.15, 0.2) is 67.0 Å². The summed E-state index contributed by atoms with van der Waals surface area (Å²) < 4.78 is 12.6. The lowest BCUT2D eigenvalue weighted by Crippen LogP contribution is -2.50. The predicted molar refractivity (Wildman–Crippen MR) is 138 cm³/mol.